The standard InChI is InChI=1S/C18H23NO2/c20-17(21)18-8-4-7-15(18)11-19(12-18)10-14-9-16(14)13-5-2-1-3-6-13/h1-3,5-6,14-16H,4,7-12H2,(H,20,21)/t14?,15-,16?,18+/m0/s1. The van der Waals surface area contributed by atoms with Crippen LogP contribution in [0.15, 0.2) is 30.3 Å². The second kappa shape index (κ2) is 4.84. The molecule has 0 amide bonds. The van der Waals surface area contributed by atoms with E-state index in [0.717, 1.165) is 44.8 Å². The van der Waals surface area contributed by atoms with Crippen LogP contribution in [0.4, 0.5) is 0 Å². The van der Waals surface area contributed by atoms with Gasteiger partial charge in [0.15, 0.2) is 0 Å². The molecule has 3 aliphatic rings. The molecular weight excluding hydrogens is 262 g/mol. The van der Waals surface area contributed by atoms with Crippen LogP contribution in [-0.2, 0) is 4.79 Å². The van der Waals surface area contributed by atoms with Gasteiger partial charge in [-0.2, -0.15) is 0 Å². The minimum Gasteiger partial charge on any atom is -0.481 e. The quantitative estimate of drug-likeness (QED) is 0.924. The summed E-state index contributed by atoms with van der Waals surface area (Å²) in [5.74, 6) is 1.27. The molecule has 3 nitrogen and oxygen atoms in total. The Hall–Kier alpha value is -1.35. The highest BCUT2D eigenvalue weighted by Crippen LogP contribution is 2.52. The minimum absolute atomic E-state index is 0.393. The van der Waals surface area contributed by atoms with Gasteiger partial charge in [0.05, 0.1) is 5.41 Å². The highest BCUT2D eigenvalue weighted by Gasteiger charge is 2.55. The molecule has 0 aromatic heterocycles. The van der Waals surface area contributed by atoms with Gasteiger partial charge in [-0.05, 0) is 42.6 Å². The van der Waals surface area contributed by atoms with Gasteiger partial charge < -0.3 is 10.0 Å². The SMILES string of the molecule is O=C(O)[C@@]12CCC[C@H]1CN(CC1CC1c1ccccc1)C2. The summed E-state index contributed by atoms with van der Waals surface area (Å²) in [6.07, 6.45) is 4.36. The molecule has 3 heteroatoms. The Bertz CT molecular complexity index is 543. The van der Waals surface area contributed by atoms with Crippen LogP contribution in [-0.4, -0.2) is 35.6 Å². The summed E-state index contributed by atoms with van der Waals surface area (Å²) in [5, 5.41) is 9.65. The van der Waals surface area contributed by atoms with Crippen molar-refractivity contribution in [3.8, 4) is 0 Å². The van der Waals surface area contributed by atoms with Crippen LogP contribution < -0.4 is 0 Å². The molecular formula is C18H23NO2. The summed E-state index contributed by atoms with van der Waals surface area (Å²) in [7, 11) is 0. The number of likely N-dealkylation sites (tertiary alicyclic amines) is 1. The van der Waals surface area contributed by atoms with Crippen molar-refractivity contribution in [2.45, 2.75) is 31.6 Å². The predicted octanol–water partition coefficient (Wildman–Crippen LogP) is 2.98. The molecule has 4 rings (SSSR count). The van der Waals surface area contributed by atoms with Gasteiger partial charge in [0.1, 0.15) is 0 Å². The van der Waals surface area contributed by atoms with E-state index in [0.29, 0.717) is 11.8 Å². The molecule has 3 fully saturated rings. The molecule has 21 heavy (non-hydrogen) atoms. The Morgan fingerprint density at radius 1 is 1.33 bits per heavy atom. The van der Waals surface area contributed by atoms with E-state index in [4.69, 9.17) is 0 Å². The Kier molecular flexibility index (Phi) is 3.07. The fourth-order valence-corrected chi connectivity index (χ4v) is 4.77. The molecule has 2 saturated carbocycles. The van der Waals surface area contributed by atoms with Crippen molar-refractivity contribution in [1.29, 1.82) is 0 Å². The van der Waals surface area contributed by atoms with Crippen LogP contribution in [0.3, 0.4) is 0 Å². The maximum Gasteiger partial charge on any atom is 0.311 e. The Labute approximate surface area is 126 Å². The molecule has 1 N–H and O–H groups in total. The number of nitrogens with zero attached hydrogens (tertiary/aromatic N) is 1. The number of aliphatic carboxylic acids is 1. The molecule has 0 bridgehead atoms. The van der Waals surface area contributed by atoms with Crippen LogP contribution in [0.2, 0.25) is 0 Å². The molecule has 2 unspecified atom stereocenters. The van der Waals surface area contributed by atoms with Crippen molar-refractivity contribution < 1.29 is 9.90 Å². The van der Waals surface area contributed by atoms with E-state index in [-0.39, 0.29) is 0 Å². The zero-order valence-corrected chi connectivity index (χ0v) is 12.4. The third-order valence-corrected chi connectivity index (χ3v) is 6.01. The molecule has 1 heterocycles. The zero-order valence-electron chi connectivity index (χ0n) is 12.4. The number of rotatable bonds is 4. The van der Waals surface area contributed by atoms with Crippen LogP contribution >= 0.6 is 0 Å². The summed E-state index contributed by atoms with van der Waals surface area (Å²) in [4.78, 5) is 14.1. The first-order valence-corrected chi connectivity index (χ1v) is 8.20. The normalized spacial score (nSPS) is 38.4. The Balaban J connectivity index is 1.39. The van der Waals surface area contributed by atoms with Crippen molar-refractivity contribution in [2.75, 3.05) is 19.6 Å². The third kappa shape index (κ3) is 2.18. The first-order valence-electron chi connectivity index (χ1n) is 8.20. The average molecular weight is 285 g/mol. The zero-order chi connectivity index (χ0) is 14.4. The highest BCUT2D eigenvalue weighted by atomic mass is 16.4. The van der Waals surface area contributed by atoms with Gasteiger partial charge in [0.25, 0.3) is 0 Å². The molecule has 1 aromatic rings. The van der Waals surface area contributed by atoms with E-state index in [1.807, 2.05) is 0 Å². The third-order valence-electron chi connectivity index (χ3n) is 6.01. The van der Waals surface area contributed by atoms with Gasteiger partial charge >= 0.3 is 5.97 Å². The lowest BCUT2D eigenvalue weighted by Crippen LogP contribution is -2.36. The summed E-state index contributed by atoms with van der Waals surface area (Å²) in [6.45, 7) is 2.88. The van der Waals surface area contributed by atoms with Crippen molar-refractivity contribution in [1.82, 2.24) is 4.90 Å². The largest absolute Gasteiger partial charge is 0.481 e. The maximum absolute atomic E-state index is 11.7. The number of hydrogen-bond acceptors (Lipinski definition) is 2. The summed E-state index contributed by atoms with van der Waals surface area (Å²) in [6, 6.07) is 10.7. The monoisotopic (exact) mass is 285 g/mol. The van der Waals surface area contributed by atoms with Gasteiger partial charge in [-0.25, -0.2) is 0 Å². The lowest BCUT2D eigenvalue weighted by Gasteiger charge is -2.23. The van der Waals surface area contributed by atoms with E-state index < -0.39 is 11.4 Å². The average Bonchev–Trinajstić information content (AvgIpc) is 2.96. The Morgan fingerprint density at radius 3 is 2.86 bits per heavy atom. The van der Waals surface area contributed by atoms with E-state index in [1.54, 1.807) is 0 Å². The van der Waals surface area contributed by atoms with Crippen molar-refractivity contribution in [3.63, 3.8) is 0 Å². The summed E-state index contributed by atoms with van der Waals surface area (Å²) < 4.78 is 0. The van der Waals surface area contributed by atoms with Gasteiger partial charge in [0, 0.05) is 19.6 Å². The minimum atomic E-state index is -0.553. The molecule has 1 aromatic carbocycles. The van der Waals surface area contributed by atoms with E-state index >= 15 is 0 Å². The topological polar surface area (TPSA) is 40.5 Å². The number of fused-ring (bicyclic) bond motifs is 1. The van der Waals surface area contributed by atoms with Crippen molar-refractivity contribution >= 4 is 5.97 Å². The molecule has 0 radical (unpaired) electrons. The fourth-order valence-electron chi connectivity index (χ4n) is 4.77. The van der Waals surface area contributed by atoms with Gasteiger partial charge in [-0.1, -0.05) is 36.8 Å². The van der Waals surface area contributed by atoms with Gasteiger partial charge in [-0.3, -0.25) is 4.79 Å². The summed E-state index contributed by atoms with van der Waals surface area (Å²) >= 11 is 0. The Morgan fingerprint density at radius 2 is 2.14 bits per heavy atom. The number of benzene rings is 1. The second-order valence-corrected chi connectivity index (χ2v) is 7.26. The molecule has 1 saturated heterocycles. The van der Waals surface area contributed by atoms with Crippen LogP contribution in [0.1, 0.15) is 37.2 Å². The predicted molar refractivity (Wildman–Crippen MR) is 81.1 cm³/mol. The highest BCUT2D eigenvalue weighted by molar-refractivity contribution is 5.76. The smallest absolute Gasteiger partial charge is 0.311 e. The number of carboxylic acid groups (broad SMARTS) is 1. The first kappa shape index (κ1) is 13.3. The van der Waals surface area contributed by atoms with Crippen LogP contribution in [0.5, 0.6) is 0 Å². The molecule has 0 spiro atoms. The number of carboxylic acids is 1. The van der Waals surface area contributed by atoms with Gasteiger partial charge in [-0.15, -0.1) is 0 Å². The summed E-state index contributed by atoms with van der Waals surface area (Å²) in [5.41, 5.74) is 1.03. The first-order chi connectivity index (χ1) is 10.2. The molecule has 2 aliphatic carbocycles. The fraction of sp³-hybridized carbons (Fsp3) is 0.611. The second-order valence-electron chi connectivity index (χ2n) is 7.26. The molecule has 4 atom stereocenters. The van der Waals surface area contributed by atoms with E-state index in [1.165, 1.54) is 12.0 Å². The van der Waals surface area contributed by atoms with Crippen molar-refractivity contribution in [3.05, 3.63) is 35.9 Å². The molecule has 1 aliphatic heterocycles. The van der Waals surface area contributed by atoms with E-state index in [2.05, 4.69) is 35.2 Å². The van der Waals surface area contributed by atoms with Gasteiger partial charge in [0.2, 0.25) is 0 Å². The lowest BCUT2D eigenvalue weighted by molar-refractivity contribution is -0.149. The number of carbonyl (C=O) groups is 1. The number of hydrogen-bond donors (Lipinski definition) is 1. The van der Waals surface area contributed by atoms with Crippen LogP contribution in [0, 0.1) is 17.3 Å². The molecule has 112 valence electrons. The van der Waals surface area contributed by atoms with E-state index in [9.17, 15) is 9.90 Å². The lowest BCUT2D eigenvalue weighted by atomic mass is 9.81. The maximum atomic E-state index is 11.7. The van der Waals surface area contributed by atoms with Crippen molar-refractivity contribution in [2.24, 2.45) is 17.3 Å². The van der Waals surface area contributed by atoms with Crippen LogP contribution in [0.25, 0.3) is 0 Å².